The van der Waals surface area contributed by atoms with Crippen molar-refractivity contribution in [2.24, 2.45) is 4.99 Å². The number of esters is 3. The third-order valence-electron chi connectivity index (χ3n) is 6.10. The van der Waals surface area contributed by atoms with Gasteiger partial charge in [0.05, 0.1) is 12.9 Å². The maximum Gasteiger partial charge on any atom is 0.303 e. The molecule has 0 spiro atoms. The van der Waals surface area contributed by atoms with Gasteiger partial charge in [-0.05, 0) is 23.6 Å². The van der Waals surface area contributed by atoms with Crippen LogP contribution in [0.3, 0.4) is 0 Å². The minimum atomic E-state index is -1.10. The van der Waals surface area contributed by atoms with E-state index in [0.717, 1.165) is 5.56 Å². The molecule has 2 aliphatic rings. The number of rotatable bonds is 10. The number of nitrogens with zero attached hydrogens (tertiary/aromatic N) is 3. The van der Waals surface area contributed by atoms with Crippen LogP contribution in [0.1, 0.15) is 44.4 Å². The third kappa shape index (κ3) is 6.92. The smallest absolute Gasteiger partial charge is 0.303 e. The second-order valence-corrected chi connectivity index (χ2v) is 9.44. The van der Waals surface area contributed by atoms with Gasteiger partial charge >= 0.3 is 17.9 Å². The van der Waals surface area contributed by atoms with Gasteiger partial charge in [-0.25, -0.2) is 9.98 Å². The fraction of sp³-hybridized carbons (Fsp3) is 0.480. The van der Waals surface area contributed by atoms with Gasteiger partial charge in [0.1, 0.15) is 30.4 Å². The summed E-state index contributed by atoms with van der Waals surface area (Å²) < 4.78 is 23.7. The van der Waals surface area contributed by atoms with Crippen LogP contribution in [0.15, 0.2) is 41.7 Å². The zero-order valence-electron chi connectivity index (χ0n) is 21.6. The van der Waals surface area contributed by atoms with Gasteiger partial charge in [-0.1, -0.05) is 30.3 Å². The molecule has 0 bridgehead atoms. The van der Waals surface area contributed by atoms with Crippen LogP contribution in [-0.2, 0) is 39.8 Å². The zero-order valence-corrected chi connectivity index (χ0v) is 22.3. The second-order valence-electron chi connectivity index (χ2n) is 9.08. The van der Waals surface area contributed by atoms with Crippen LogP contribution < -0.4 is 10.6 Å². The number of carbonyl (C=O) groups excluding carboxylic acids is 3. The second kappa shape index (κ2) is 12.6. The molecule has 2 aliphatic heterocycles. The normalized spacial score (nSPS) is 24.6. The van der Waals surface area contributed by atoms with E-state index in [2.05, 4.69) is 20.6 Å². The molecule has 1 saturated heterocycles. The van der Waals surface area contributed by atoms with Crippen LogP contribution in [0.25, 0.3) is 0 Å². The highest BCUT2D eigenvalue weighted by Gasteiger charge is 2.51. The third-order valence-corrected chi connectivity index (χ3v) is 6.29. The Labute approximate surface area is 229 Å². The summed E-state index contributed by atoms with van der Waals surface area (Å²) in [7, 11) is 0. The number of aliphatic hydroxyl groups is 1. The number of halogens is 1. The molecule has 14 heteroatoms. The van der Waals surface area contributed by atoms with E-state index in [9.17, 15) is 19.5 Å². The predicted molar refractivity (Wildman–Crippen MR) is 138 cm³/mol. The molecule has 210 valence electrons. The highest BCUT2D eigenvalue weighted by Crippen LogP contribution is 2.39. The van der Waals surface area contributed by atoms with E-state index in [1.807, 2.05) is 30.3 Å². The molecule has 2 aromatic rings. The van der Waals surface area contributed by atoms with Crippen LogP contribution in [0.2, 0.25) is 0 Å². The van der Waals surface area contributed by atoms with Crippen LogP contribution in [0, 0.1) is 0 Å². The summed E-state index contributed by atoms with van der Waals surface area (Å²) in [6.07, 6.45) is -2.86. The van der Waals surface area contributed by atoms with Gasteiger partial charge < -0.3 is 29.4 Å². The summed E-state index contributed by atoms with van der Waals surface area (Å²) in [5, 5.41) is 16.3. The van der Waals surface area contributed by atoms with Crippen molar-refractivity contribution >= 4 is 40.6 Å². The van der Waals surface area contributed by atoms with E-state index in [4.69, 9.17) is 30.5 Å². The molecule has 1 aromatic carbocycles. The number of imidazole rings is 1. The number of anilines is 1. The highest BCUT2D eigenvalue weighted by atomic mass is 35.5. The Morgan fingerprint density at radius 3 is 2.46 bits per heavy atom. The minimum Gasteiger partial charge on any atom is -0.463 e. The molecule has 4 rings (SSSR count). The van der Waals surface area contributed by atoms with Gasteiger partial charge in [-0.3, -0.25) is 24.3 Å². The van der Waals surface area contributed by atoms with E-state index in [0.29, 0.717) is 17.9 Å². The maximum absolute atomic E-state index is 12.0. The number of ether oxygens (including phenoxy) is 4. The Hall–Kier alpha value is -3.52. The number of aromatic nitrogens is 2. The van der Waals surface area contributed by atoms with Gasteiger partial charge in [-0.2, -0.15) is 0 Å². The number of hydrogen-bond acceptors (Lipinski definition) is 12. The lowest BCUT2D eigenvalue weighted by molar-refractivity contribution is -0.166. The van der Waals surface area contributed by atoms with Crippen molar-refractivity contribution in [1.29, 1.82) is 0 Å². The Morgan fingerprint density at radius 1 is 1.13 bits per heavy atom. The van der Waals surface area contributed by atoms with Crippen LogP contribution >= 0.6 is 11.6 Å². The number of amidine groups is 1. The fourth-order valence-corrected chi connectivity index (χ4v) is 4.72. The maximum atomic E-state index is 12.0. The molecule has 0 aliphatic carbocycles. The molecule has 1 unspecified atom stereocenters. The van der Waals surface area contributed by atoms with Crippen LogP contribution in [0.5, 0.6) is 0 Å². The summed E-state index contributed by atoms with van der Waals surface area (Å²) in [4.78, 5) is 44.2. The molecule has 6 atom stereocenters. The molecule has 3 heterocycles. The summed E-state index contributed by atoms with van der Waals surface area (Å²) in [6, 6.07) is 9.31. The molecular formula is C25H30ClN5O8. The van der Waals surface area contributed by atoms with Gasteiger partial charge in [0.2, 0.25) is 0 Å². The number of aliphatic hydroxyl groups excluding tert-OH is 1. The zero-order chi connectivity index (χ0) is 28.1. The van der Waals surface area contributed by atoms with Crippen molar-refractivity contribution in [1.82, 2.24) is 14.9 Å². The van der Waals surface area contributed by atoms with E-state index < -0.39 is 48.6 Å². The first-order chi connectivity index (χ1) is 18.7. The first kappa shape index (κ1) is 28.5. The fourth-order valence-electron chi connectivity index (χ4n) is 4.53. The predicted octanol–water partition coefficient (Wildman–Crippen LogP) is 1.42. The number of nitrogens with one attached hydrogen (secondary N) is 2. The molecule has 3 N–H and O–H groups in total. The lowest BCUT2D eigenvalue weighted by Gasteiger charge is -2.27. The van der Waals surface area contributed by atoms with Crippen molar-refractivity contribution in [3.63, 3.8) is 0 Å². The van der Waals surface area contributed by atoms with Crippen molar-refractivity contribution in [2.45, 2.75) is 63.9 Å². The van der Waals surface area contributed by atoms with E-state index >= 15 is 0 Å². The van der Waals surface area contributed by atoms with Crippen molar-refractivity contribution in [3.05, 3.63) is 47.9 Å². The van der Waals surface area contributed by atoms with Crippen molar-refractivity contribution in [3.8, 4) is 0 Å². The van der Waals surface area contributed by atoms with Crippen LogP contribution in [0.4, 0.5) is 5.82 Å². The summed E-state index contributed by atoms with van der Waals surface area (Å²) in [5.74, 6) is -1.43. The number of aliphatic imine (C=N–C) groups is 1. The molecule has 0 saturated carbocycles. The first-order valence-electron chi connectivity index (χ1n) is 12.3. The lowest BCUT2D eigenvalue weighted by Crippen LogP contribution is -2.41. The van der Waals surface area contributed by atoms with Gasteiger partial charge in [-0.15, -0.1) is 0 Å². The van der Waals surface area contributed by atoms with Gasteiger partial charge in [0.25, 0.3) is 0 Å². The van der Waals surface area contributed by atoms with Gasteiger partial charge in [0.15, 0.2) is 23.7 Å². The number of benzene rings is 1. The topological polar surface area (TPSA) is 163 Å². The van der Waals surface area contributed by atoms with Crippen molar-refractivity contribution in [2.75, 3.05) is 18.5 Å². The van der Waals surface area contributed by atoms with E-state index in [1.54, 1.807) is 4.57 Å². The average molecular weight is 564 g/mol. The molecule has 1 fully saturated rings. The molecule has 0 amide bonds. The lowest BCUT2D eigenvalue weighted by atomic mass is 10.1. The standard InChI is InChI=1S/C25H30ClN5O8/c1-13(33)36-11-18-20(37-14(2)34)21(38-15(3)35)24(39-18)31-12-27-19-22(29-25(26)30-23(19)31)28-17(10-32)9-16-7-5-4-6-8-16/h4-8,12,17-18,20-22,24,28,32H,9-11H2,1-3H3,(H,29,30)/t17-,18-,20-,21-,22?,24-/m1/s1. The molecular weight excluding hydrogens is 534 g/mol. The molecule has 13 nitrogen and oxygen atoms in total. The molecule has 1 aromatic heterocycles. The first-order valence-corrected chi connectivity index (χ1v) is 12.6. The average Bonchev–Trinajstić information content (AvgIpc) is 3.43. The molecule has 39 heavy (non-hydrogen) atoms. The minimum absolute atomic E-state index is 0.0492. The number of hydrogen-bond donors (Lipinski definition) is 3. The summed E-state index contributed by atoms with van der Waals surface area (Å²) >= 11 is 6.34. The van der Waals surface area contributed by atoms with Crippen LogP contribution in [-0.4, -0.2) is 75.4 Å². The summed E-state index contributed by atoms with van der Waals surface area (Å²) in [6.45, 7) is 3.26. The van der Waals surface area contributed by atoms with E-state index in [-0.39, 0.29) is 24.6 Å². The quantitative estimate of drug-likeness (QED) is 0.218. The Bertz CT molecular complexity index is 1220. The Morgan fingerprint density at radius 2 is 1.82 bits per heavy atom. The SMILES string of the molecule is CC(=O)OC[C@H]1O[C@@H](n2cnc3c2NC(Cl)=NC3N[C@@H](CO)Cc2ccccc2)[C@H](OC(C)=O)[C@@H]1OC(C)=O. The molecule has 0 radical (unpaired) electrons. The monoisotopic (exact) mass is 563 g/mol. The number of carbonyl (C=O) groups is 3. The number of fused-ring (bicyclic) bond motifs is 1. The highest BCUT2D eigenvalue weighted by molar-refractivity contribution is 6.67. The Balaban J connectivity index is 1.62. The Kier molecular flexibility index (Phi) is 9.17. The van der Waals surface area contributed by atoms with E-state index in [1.165, 1.54) is 27.1 Å². The van der Waals surface area contributed by atoms with Crippen molar-refractivity contribution < 1.29 is 38.4 Å². The van der Waals surface area contributed by atoms with Gasteiger partial charge in [0, 0.05) is 26.8 Å². The summed E-state index contributed by atoms with van der Waals surface area (Å²) in [5.41, 5.74) is 1.47. The largest absolute Gasteiger partial charge is 0.463 e.